The summed E-state index contributed by atoms with van der Waals surface area (Å²) < 4.78 is 9.25. The van der Waals surface area contributed by atoms with Crippen molar-refractivity contribution >= 4 is 11.0 Å². The average Bonchev–Trinajstić information content (AvgIpc) is 3.14. The molecule has 0 radical (unpaired) electrons. The zero-order valence-electron chi connectivity index (χ0n) is 17.5. The van der Waals surface area contributed by atoms with Crippen molar-refractivity contribution in [3.63, 3.8) is 0 Å². The number of hydrogen-bond donors (Lipinski definition) is 0. The standard InChI is InChI=1S/C23H25N5O2/c1-4-9-18-20-21(26-28(18)16-10-8-13-24-15-16)23(29)27(3)22(25-20)17-11-6-7-12-19(17)30-14-5-2/h6-8,10-13,15H,4-5,9,14H2,1-3H3. The molecular formula is C23H25N5O2. The highest BCUT2D eigenvalue weighted by Gasteiger charge is 2.21. The zero-order valence-corrected chi connectivity index (χ0v) is 17.5. The van der Waals surface area contributed by atoms with Gasteiger partial charge in [0.2, 0.25) is 0 Å². The molecule has 0 fully saturated rings. The van der Waals surface area contributed by atoms with Crippen LogP contribution in [0.1, 0.15) is 32.4 Å². The first-order valence-corrected chi connectivity index (χ1v) is 10.3. The van der Waals surface area contributed by atoms with Crippen LogP contribution in [-0.2, 0) is 13.5 Å². The summed E-state index contributed by atoms with van der Waals surface area (Å²) in [5.74, 6) is 1.29. The quantitative estimate of drug-likeness (QED) is 0.467. The molecule has 154 valence electrons. The van der Waals surface area contributed by atoms with Gasteiger partial charge in [0.25, 0.3) is 5.56 Å². The molecule has 0 N–H and O–H groups in total. The molecule has 0 aliphatic carbocycles. The lowest BCUT2D eigenvalue weighted by molar-refractivity contribution is 0.318. The Kier molecular flexibility index (Phi) is 5.61. The summed E-state index contributed by atoms with van der Waals surface area (Å²) in [5.41, 5.74) is 3.33. The molecule has 0 saturated carbocycles. The van der Waals surface area contributed by atoms with E-state index in [1.165, 1.54) is 0 Å². The predicted molar refractivity (Wildman–Crippen MR) is 117 cm³/mol. The van der Waals surface area contributed by atoms with Gasteiger partial charge in [0.1, 0.15) is 17.1 Å². The zero-order chi connectivity index (χ0) is 21.1. The third-order valence-electron chi connectivity index (χ3n) is 4.96. The number of hydrogen-bond acceptors (Lipinski definition) is 5. The highest BCUT2D eigenvalue weighted by molar-refractivity contribution is 5.80. The van der Waals surface area contributed by atoms with Crippen molar-refractivity contribution < 1.29 is 4.74 Å². The fourth-order valence-electron chi connectivity index (χ4n) is 3.53. The van der Waals surface area contributed by atoms with Crippen molar-refractivity contribution in [2.75, 3.05) is 6.61 Å². The molecule has 1 aromatic carbocycles. The molecule has 3 aromatic heterocycles. The summed E-state index contributed by atoms with van der Waals surface area (Å²) in [6.07, 6.45) is 6.01. The first kappa shape index (κ1) is 19.8. The smallest absolute Gasteiger partial charge is 0.281 e. The van der Waals surface area contributed by atoms with E-state index in [4.69, 9.17) is 9.72 Å². The molecule has 7 heteroatoms. The molecule has 0 aliphatic rings. The summed E-state index contributed by atoms with van der Waals surface area (Å²) in [6.45, 7) is 4.77. The maximum atomic E-state index is 13.2. The monoisotopic (exact) mass is 403 g/mol. The van der Waals surface area contributed by atoms with Gasteiger partial charge in [-0.2, -0.15) is 5.10 Å². The van der Waals surface area contributed by atoms with Crippen molar-refractivity contribution in [3.8, 4) is 22.8 Å². The van der Waals surface area contributed by atoms with Crippen LogP contribution in [0, 0.1) is 0 Å². The predicted octanol–water partition coefficient (Wildman–Crippen LogP) is 3.92. The van der Waals surface area contributed by atoms with E-state index in [9.17, 15) is 4.79 Å². The molecule has 0 bridgehead atoms. The van der Waals surface area contributed by atoms with E-state index in [0.29, 0.717) is 23.5 Å². The van der Waals surface area contributed by atoms with Gasteiger partial charge in [-0.05, 0) is 37.1 Å². The minimum atomic E-state index is -0.180. The van der Waals surface area contributed by atoms with Gasteiger partial charge < -0.3 is 4.74 Å². The van der Waals surface area contributed by atoms with Crippen LogP contribution in [0.4, 0.5) is 0 Å². The van der Waals surface area contributed by atoms with Crippen LogP contribution < -0.4 is 10.3 Å². The van der Waals surface area contributed by atoms with Gasteiger partial charge >= 0.3 is 0 Å². The van der Waals surface area contributed by atoms with Gasteiger partial charge in [-0.3, -0.25) is 14.3 Å². The first-order valence-electron chi connectivity index (χ1n) is 10.3. The lowest BCUT2D eigenvalue weighted by Gasteiger charge is -2.13. The summed E-state index contributed by atoms with van der Waals surface area (Å²) >= 11 is 0. The van der Waals surface area contributed by atoms with Gasteiger partial charge in [-0.25, -0.2) is 9.67 Å². The Labute approximate surface area is 175 Å². The molecule has 30 heavy (non-hydrogen) atoms. The van der Waals surface area contributed by atoms with Gasteiger partial charge in [0.05, 0.1) is 29.7 Å². The van der Waals surface area contributed by atoms with Crippen molar-refractivity contribution in [1.29, 1.82) is 0 Å². The molecule has 0 spiro atoms. The van der Waals surface area contributed by atoms with Crippen molar-refractivity contribution in [3.05, 3.63) is 64.8 Å². The number of benzene rings is 1. The number of aromatic nitrogens is 5. The van der Waals surface area contributed by atoms with Crippen LogP contribution in [0.3, 0.4) is 0 Å². The Morgan fingerprint density at radius 2 is 1.87 bits per heavy atom. The van der Waals surface area contributed by atoms with Crippen molar-refractivity contribution in [2.24, 2.45) is 7.05 Å². The maximum absolute atomic E-state index is 13.2. The molecule has 0 atom stereocenters. The Bertz CT molecular complexity index is 1230. The lowest BCUT2D eigenvalue weighted by atomic mass is 10.1. The lowest BCUT2D eigenvalue weighted by Crippen LogP contribution is -2.20. The second-order valence-corrected chi connectivity index (χ2v) is 7.16. The third kappa shape index (κ3) is 3.47. The molecule has 7 nitrogen and oxygen atoms in total. The summed E-state index contributed by atoms with van der Waals surface area (Å²) in [7, 11) is 1.73. The second-order valence-electron chi connectivity index (χ2n) is 7.16. The van der Waals surface area contributed by atoms with Crippen molar-refractivity contribution in [2.45, 2.75) is 33.1 Å². The van der Waals surface area contributed by atoms with Gasteiger partial charge in [0, 0.05) is 13.2 Å². The Morgan fingerprint density at radius 3 is 2.60 bits per heavy atom. The highest BCUT2D eigenvalue weighted by atomic mass is 16.5. The van der Waals surface area contributed by atoms with E-state index >= 15 is 0 Å². The van der Waals surface area contributed by atoms with Crippen LogP contribution in [0.15, 0.2) is 53.6 Å². The van der Waals surface area contributed by atoms with Gasteiger partial charge in [-0.1, -0.05) is 32.4 Å². The molecular weight excluding hydrogens is 378 g/mol. The van der Waals surface area contributed by atoms with E-state index < -0.39 is 0 Å². The average molecular weight is 403 g/mol. The first-order chi connectivity index (χ1) is 14.7. The largest absolute Gasteiger partial charge is 0.493 e. The Hall–Kier alpha value is -3.48. The molecule has 0 amide bonds. The van der Waals surface area contributed by atoms with E-state index in [1.54, 1.807) is 28.7 Å². The highest BCUT2D eigenvalue weighted by Crippen LogP contribution is 2.29. The SMILES string of the molecule is CCCOc1ccccc1-c1nc2c(CCC)n(-c3cccnc3)nc2c(=O)n1C. The second kappa shape index (κ2) is 8.49. The minimum Gasteiger partial charge on any atom is -0.493 e. The number of ether oxygens (including phenoxy) is 1. The number of pyridine rings is 1. The summed E-state index contributed by atoms with van der Waals surface area (Å²) in [4.78, 5) is 22.4. The van der Waals surface area contributed by atoms with Crippen LogP contribution in [0.5, 0.6) is 5.75 Å². The number of para-hydroxylation sites is 1. The molecule has 3 heterocycles. The number of aryl methyl sites for hydroxylation is 1. The summed E-state index contributed by atoms with van der Waals surface area (Å²) in [6, 6.07) is 11.5. The number of rotatable bonds is 7. The molecule has 4 aromatic rings. The van der Waals surface area contributed by atoms with Gasteiger partial charge in [-0.15, -0.1) is 0 Å². The fraction of sp³-hybridized carbons (Fsp3) is 0.304. The Balaban J connectivity index is 1.98. The fourth-order valence-corrected chi connectivity index (χ4v) is 3.53. The summed E-state index contributed by atoms with van der Waals surface area (Å²) in [5, 5.41) is 4.62. The van der Waals surface area contributed by atoms with E-state index in [2.05, 4.69) is 23.9 Å². The number of nitrogens with zero attached hydrogens (tertiary/aromatic N) is 5. The van der Waals surface area contributed by atoms with Crippen LogP contribution >= 0.6 is 0 Å². The normalized spacial score (nSPS) is 11.2. The number of fused-ring (bicyclic) bond motifs is 1. The molecule has 0 saturated heterocycles. The Morgan fingerprint density at radius 1 is 1.03 bits per heavy atom. The van der Waals surface area contributed by atoms with Crippen LogP contribution in [-0.4, -0.2) is 30.9 Å². The maximum Gasteiger partial charge on any atom is 0.281 e. The molecule has 0 unspecified atom stereocenters. The topological polar surface area (TPSA) is 74.8 Å². The van der Waals surface area contributed by atoms with E-state index in [1.807, 2.05) is 36.4 Å². The molecule has 0 aliphatic heterocycles. The van der Waals surface area contributed by atoms with Gasteiger partial charge in [0.15, 0.2) is 5.52 Å². The molecule has 4 rings (SSSR count). The van der Waals surface area contributed by atoms with E-state index in [0.717, 1.165) is 42.0 Å². The van der Waals surface area contributed by atoms with Crippen LogP contribution in [0.2, 0.25) is 0 Å². The minimum absolute atomic E-state index is 0.180. The van der Waals surface area contributed by atoms with Crippen LogP contribution in [0.25, 0.3) is 28.1 Å². The van der Waals surface area contributed by atoms with Crippen molar-refractivity contribution in [1.82, 2.24) is 24.3 Å². The third-order valence-corrected chi connectivity index (χ3v) is 4.96. The van der Waals surface area contributed by atoms with E-state index in [-0.39, 0.29) is 5.56 Å².